The molecule has 1 saturated carbocycles. The van der Waals surface area contributed by atoms with Gasteiger partial charge in [-0.15, -0.1) is 0 Å². The van der Waals surface area contributed by atoms with Crippen LogP contribution in [-0.4, -0.2) is 30.7 Å². The Morgan fingerprint density at radius 3 is 2.47 bits per heavy atom. The van der Waals surface area contributed by atoms with Crippen LogP contribution >= 0.6 is 0 Å². The third-order valence-electron chi connectivity index (χ3n) is 4.06. The van der Waals surface area contributed by atoms with Crippen molar-refractivity contribution in [1.29, 1.82) is 0 Å². The van der Waals surface area contributed by atoms with Gasteiger partial charge in [-0.2, -0.15) is 0 Å². The van der Waals surface area contributed by atoms with E-state index in [4.69, 9.17) is 0 Å². The fourth-order valence-electron chi connectivity index (χ4n) is 2.85. The summed E-state index contributed by atoms with van der Waals surface area (Å²) in [4.78, 5) is 11.9. The summed E-state index contributed by atoms with van der Waals surface area (Å²) >= 11 is 0. The maximum Gasteiger partial charge on any atom is 0.315 e. The molecule has 1 heterocycles. The number of hydrogen-bond acceptors (Lipinski definition) is 2. The van der Waals surface area contributed by atoms with Crippen LogP contribution in [0.15, 0.2) is 0 Å². The third-order valence-corrected chi connectivity index (χ3v) is 4.06. The largest absolute Gasteiger partial charge is 0.335 e. The first-order valence-electron chi connectivity index (χ1n) is 6.97. The van der Waals surface area contributed by atoms with E-state index in [-0.39, 0.29) is 11.6 Å². The summed E-state index contributed by atoms with van der Waals surface area (Å²) in [7, 11) is 0. The fraction of sp³-hybridized carbons (Fsp3) is 0.923. The van der Waals surface area contributed by atoms with Gasteiger partial charge in [-0.1, -0.05) is 19.3 Å². The zero-order valence-electron chi connectivity index (χ0n) is 10.8. The van der Waals surface area contributed by atoms with Crippen LogP contribution in [0.25, 0.3) is 0 Å². The lowest BCUT2D eigenvalue weighted by Crippen LogP contribution is -2.56. The lowest BCUT2D eigenvalue weighted by molar-refractivity contribution is 0.207. The van der Waals surface area contributed by atoms with Crippen molar-refractivity contribution < 1.29 is 4.79 Å². The molecule has 0 atom stereocenters. The summed E-state index contributed by atoms with van der Waals surface area (Å²) < 4.78 is 0. The number of nitrogens with one attached hydrogen (secondary N) is 3. The minimum Gasteiger partial charge on any atom is -0.335 e. The van der Waals surface area contributed by atoms with Gasteiger partial charge in [0, 0.05) is 11.6 Å². The Morgan fingerprint density at radius 1 is 1.18 bits per heavy atom. The van der Waals surface area contributed by atoms with Crippen LogP contribution in [-0.2, 0) is 0 Å². The van der Waals surface area contributed by atoms with Crippen molar-refractivity contribution in [3.8, 4) is 0 Å². The molecule has 0 unspecified atom stereocenters. The number of urea groups is 1. The number of piperidine rings is 1. The first kappa shape index (κ1) is 12.7. The van der Waals surface area contributed by atoms with Crippen LogP contribution in [0.1, 0.15) is 51.9 Å². The van der Waals surface area contributed by atoms with Crippen LogP contribution in [0.2, 0.25) is 0 Å². The van der Waals surface area contributed by atoms with Crippen LogP contribution in [0.3, 0.4) is 0 Å². The van der Waals surface area contributed by atoms with E-state index in [9.17, 15) is 4.79 Å². The highest BCUT2D eigenvalue weighted by atomic mass is 16.2. The van der Waals surface area contributed by atoms with E-state index in [0.29, 0.717) is 6.04 Å². The van der Waals surface area contributed by atoms with E-state index in [0.717, 1.165) is 38.8 Å². The van der Waals surface area contributed by atoms with Crippen molar-refractivity contribution in [3.63, 3.8) is 0 Å². The molecule has 0 aromatic heterocycles. The van der Waals surface area contributed by atoms with Gasteiger partial charge in [0.05, 0.1) is 0 Å². The molecule has 0 spiro atoms. The lowest BCUT2D eigenvalue weighted by atomic mass is 9.91. The Labute approximate surface area is 104 Å². The van der Waals surface area contributed by atoms with Crippen molar-refractivity contribution in [2.75, 3.05) is 13.1 Å². The second-order valence-electron chi connectivity index (χ2n) is 5.74. The Kier molecular flexibility index (Phi) is 4.26. The SMILES string of the molecule is CC1(NC(=O)NC2CCCCC2)CCNCC1. The number of amides is 2. The summed E-state index contributed by atoms with van der Waals surface area (Å²) in [6, 6.07) is 0.426. The summed E-state index contributed by atoms with van der Waals surface area (Å²) in [6.07, 6.45) is 8.16. The fourth-order valence-corrected chi connectivity index (χ4v) is 2.85. The molecular formula is C13H25N3O. The zero-order chi connectivity index (χ0) is 12.1. The maximum absolute atomic E-state index is 11.9. The van der Waals surface area contributed by atoms with Gasteiger partial charge in [0.15, 0.2) is 0 Å². The first-order chi connectivity index (χ1) is 8.18. The molecule has 98 valence electrons. The van der Waals surface area contributed by atoms with E-state index < -0.39 is 0 Å². The Morgan fingerprint density at radius 2 is 1.82 bits per heavy atom. The minimum atomic E-state index is -0.0238. The lowest BCUT2D eigenvalue weighted by Gasteiger charge is -2.35. The highest BCUT2D eigenvalue weighted by Crippen LogP contribution is 2.19. The van der Waals surface area contributed by atoms with E-state index >= 15 is 0 Å². The van der Waals surface area contributed by atoms with Gasteiger partial charge in [0.25, 0.3) is 0 Å². The third kappa shape index (κ3) is 3.87. The van der Waals surface area contributed by atoms with E-state index in [1.807, 2.05) is 0 Å². The molecule has 1 saturated heterocycles. The van der Waals surface area contributed by atoms with Gasteiger partial charge in [-0.25, -0.2) is 4.79 Å². The molecule has 17 heavy (non-hydrogen) atoms. The Balaban J connectivity index is 1.75. The van der Waals surface area contributed by atoms with Gasteiger partial charge < -0.3 is 16.0 Å². The quantitative estimate of drug-likeness (QED) is 0.688. The second kappa shape index (κ2) is 5.71. The molecule has 2 fully saturated rings. The van der Waals surface area contributed by atoms with Gasteiger partial charge in [-0.05, 0) is 45.7 Å². The summed E-state index contributed by atoms with van der Waals surface area (Å²) in [6.45, 7) is 4.15. The van der Waals surface area contributed by atoms with Crippen LogP contribution in [0.4, 0.5) is 4.79 Å². The summed E-state index contributed by atoms with van der Waals surface area (Å²) in [5.74, 6) is 0. The Hall–Kier alpha value is -0.770. The molecule has 0 aromatic rings. The monoisotopic (exact) mass is 239 g/mol. The number of carbonyl (C=O) groups excluding carboxylic acids is 1. The molecule has 2 rings (SSSR count). The van der Waals surface area contributed by atoms with Crippen molar-refractivity contribution in [2.24, 2.45) is 0 Å². The standard InChI is InChI=1S/C13H25N3O/c1-13(7-9-14-10-8-13)16-12(17)15-11-5-3-2-4-6-11/h11,14H,2-10H2,1H3,(H2,15,16,17). The van der Waals surface area contributed by atoms with Gasteiger partial charge in [0.2, 0.25) is 0 Å². The van der Waals surface area contributed by atoms with Gasteiger partial charge in [0.1, 0.15) is 0 Å². The second-order valence-corrected chi connectivity index (χ2v) is 5.74. The first-order valence-corrected chi connectivity index (χ1v) is 6.97. The van der Waals surface area contributed by atoms with E-state index in [1.165, 1.54) is 19.3 Å². The molecular weight excluding hydrogens is 214 g/mol. The van der Waals surface area contributed by atoms with Crippen molar-refractivity contribution in [3.05, 3.63) is 0 Å². The zero-order valence-corrected chi connectivity index (χ0v) is 10.8. The normalized spacial score (nSPS) is 25.2. The predicted octanol–water partition coefficient (Wildman–Crippen LogP) is 1.76. The van der Waals surface area contributed by atoms with Crippen LogP contribution in [0, 0.1) is 0 Å². The van der Waals surface area contributed by atoms with E-state index in [1.54, 1.807) is 0 Å². The van der Waals surface area contributed by atoms with Crippen LogP contribution < -0.4 is 16.0 Å². The molecule has 1 aliphatic carbocycles. The highest BCUT2D eigenvalue weighted by Gasteiger charge is 2.28. The maximum atomic E-state index is 11.9. The van der Waals surface area contributed by atoms with Crippen molar-refractivity contribution >= 4 is 6.03 Å². The molecule has 3 N–H and O–H groups in total. The van der Waals surface area contributed by atoms with Crippen molar-refractivity contribution in [2.45, 2.75) is 63.5 Å². The topological polar surface area (TPSA) is 53.2 Å². The minimum absolute atomic E-state index is 0.0238. The molecule has 0 radical (unpaired) electrons. The number of hydrogen-bond donors (Lipinski definition) is 3. The smallest absolute Gasteiger partial charge is 0.315 e. The predicted molar refractivity (Wildman–Crippen MR) is 69.0 cm³/mol. The molecule has 0 bridgehead atoms. The molecule has 1 aliphatic heterocycles. The van der Waals surface area contributed by atoms with Crippen molar-refractivity contribution in [1.82, 2.24) is 16.0 Å². The number of carbonyl (C=O) groups is 1. The number of rotatable bonds is 2. The molecule has 4 heteroatoms. The van der Waals surface area contributed by atoms with Gasteiger partial charge >= 0.3 is 6.03 Å². The van der Waals surface area contributed by atoms with E-state index in [2.05, 4.69) is 22.9 Å². The molecule has 4 nitrogen and oxygen atoms in total. The molecule has 0 aromatic carbocycles. The molecule has 2 amide bonds. The van der Waals surface area contributed by atoms with Gasteiger partial charge in [-0.3, -0.25) is 0 Å². The average molecular weight is 239 g/mol. The average Bonchev–Trinajstić information content (AvgIpc) is 2.30. The highest BCUT2D eigenvalue weighted by molar-refractivity contribution is 5.75. The van der Waals surface area contributed by atoms with Crippen LogP contribution in [0.5, 0.6) is 0 Å². The Bertz CT molecular complexity index is 255. The molecule has 2 aliphatic rings. The summed E-state index contributed by atoms with van der Waals surface area (Å²) in [5.41, 5.74) is -0.0238. The summed E-state index contributed by atoms with van der Waals surface area (Å²) in [5, 5.41) is 9.60.